The molecule has 0 aliphatic carbocycles. The average molecular weight is 488 g/mol. The average Bonchev–Trinajstić information content (AvgIpc) is 2.83. The molecule has 2 amide bonds. The number of carbonyl (C=O) groups excluding carboxylic acids is 2. The van der Waals surface area contributed by atoms with Gasteiger partial charge < -0.3 is 20.1 Å². The molecule has 0 aromatic heterocycles. The number of benzene rings is 1. The molecule has 0 unspecified atom stereocenters. The lowest BCUT2D eigenvalue weighted by molar-refractivity contribution is -0.139. The molecule has 1 spiro atoms. The first-order valence-corrected chi connectivity index (χ1v) is 13.4. The third-order valence-corrected chi connectivity index (χ3v) is 7.36. The van der Waals surface area contributed by atoms with Crippen LogP contribution in [0.5, 0.6) is 5.75 Å². The molecular formula is C28H45N3O4. The Labute approximate surface area is 211 Å². The van der Waals surface area contributed by atoms with Crippen molar-refractivity contribution in [3.8, 4) is 5.75 Å². The van der Waals surface area contributed by atoms with Crippen LogP contribution in [0.4, 0.5) is 0 Å². The van der Waals surface area contributed by atoms with Crippen LogP contribution in [-0.2, 0) is 20.9 Å². The molecule has 0 radical (unpaired) electrons. The van der Waals surface area contributed by atoms with Crippen LogP contribution in [-0.4, -0.2) is 62.2 Å². The zero-order valence-electron chi connectivity index (χ0n) is 22.1. The van der Waals surface area contributed by atoms with Gasteiger partial charge in [-0.15, -0.1) is 0 Å². The van der Waals surface area contributed by atoms with Gasteiger partial charge in [0.1, 0.15) is 11.8 Å². The number of amides is 2. The van der Waals surface area contributed by atoms with Gasteiger partial charge >= 0.3 is 0 Å². The number of ether oxygens (including phenoxy) is 2. The maximum atomic E-state index is 13.8. The van der Waals surface area contributed by atoms with Gasteiger partial charge in [0.2, 0.25) is 11.8 Å². The smallest absolute Gasteiger partial charge is 0.242 e. The molecule has 35 heavy (non-hydrogen) atoms. The fourth-order valence-electron chi connectivity index (χ4n) is 5.26. The highest BCUT2D eigenvalue weighted by Crippen LogP contribution is 2.38. The van der Waals surface area contributed by atoms with Crippen molar-refractivity contribution in [2.75, 3.05) is 33.4 Å². The van der Waals surface area contributed by atoms with Gasteiger partial charge in [0.25, 0.3) is 0 Å². The van der Waals surface area contributed by atoms with Crippen molar-refractivity contribution in [2.45, 2.75) is 84.3 Å². The van der Waals surface area contributed by atoms with Crippen LogP contribution >= 0.6 is 0 Å². The quantitative estimate of drug-likeness (QED) is 0.658. The predicted octanol–water partition coefficient (Wildman–Crippen LogP) is 3.90. The Morgan fingerprint density at radius 1 is 1.11 bits per heavy atom. The van der Waals surface area contributed by atoms with Crippen molar-refractivity contribution in [3.63, 3.8) is 0 Å². The van der Waals surface area contributed by atoms with E-state index in [4.69, 9.17) is 9.47 Å². The number of carbonyl (C=O) groups is 2. The van der Waals surface area contributed by atoms with Crippen LogP contribution in [0.2, 0.25) is 0 Å². The minimum absolute atomic E-state index is 0.0558. The summed E-state index contributed by atoms with van der Waals surface area (Å²) in [6.07, 6.45) is 6.15. The summed E-state index contributed by atoms with van der Waals surface area (Å²) in [5, 5.41) is 6.23. The summed E-state index contributed by atoms with van der Waals surface area (Å²) in [5.74, 6) is 1.12. The van der Waals surface area contributed by atoms with Gasteiger partial charge in [0, 0.05) is 19.2 Å². The lowest BCUT2D eigenvalue weighted by Gasteiger charge is -2.41. The third kappa shape index (κ3) is 8.21. The summed E-state index contributed by atoms with van der Waals surface area (Å²) in [6, 6.07) is 7.60. The first-order valence-electron chi connectivity index (χ1n) is 13.4. The molecule has 2 N–H and O–H groups in total. The Morgan fingerprint density at radius 3 is 2.60 bits per heavy atom. The Hall–Kier alpha value is -2.12. The minimum atomic E-state index is -0.514. The van der Waals surface area contributed by atoms with Gasteiger partial charge in [-0.25, -0.2) is 0 Å². The Bertz CT molecular complexity index is 820. The van der Waals surface area contributed by atoms with Crippen LogP contribution in [0.3, 0.4) is 0 Å². The molecule has 2 heterocycles. The van der Waals surface area contributed by atoms with E-state index in [1.165, 1.54) is 5.56 Å². The molecule has 3 rings (SSSR count). The standard InChI is InChI=1S/C28H45N3O4/c1-21(2)17-25-26(32)29-22(3)20-35-16-7-5-6-11-28(27(33)30-25)12-14-31(15-13-28)19-23-9-8-10-24(18-23)34-4/h8-10,18,21-22,25H,5-7,11-17,19-20H2,1-4H3,(H,29,32)(H,30,33)/t22-,25+/m1/s1. The minimum Gasteiger partial charge on any atom is -0.497 e. The summed E-state index contributed by atoms with van der Waals surface area (Å²) in [4.78, 5) is 29.3. The van der Waals surface area contributed by atoms with Crippen molar-refractivity contribution in [3.05, 3.63) is 29.8 Å². The molecule has 196 valence electrons. The Balaban J connectivity index is 1.71. The van der Waals surface area contributed by atoms with E-state index in [2.05, 4.69) is 41.5 Å². The molecule has 1 aromatic rings. The van der Waals surface area contributed by atoms with E-state index in [0.29, 0.717) is 25.6 Å². The van der Waals surface area contributed by atoms with E-state index >= 15 is 0 Å². The number of rotatable bonds is 5. The predicted molar refractivity (Wildman–Crippen MR) is 138 cm³/mol. The Morgan fingerprint density at radius 2 is 1.89 bits per heavy atom. The largest absolute Gasteiger partial charge is 0.497 e. The third-order valence-electron chi connectivity index (χ3n) is 7.36. The molecule has 7 nitrogen and oxygen atoms in total. The molecule has 2 aliphatic heterocycles. The fourth-order valence-corrected chi connectivity index (χ4v) is 5.26. The molecule has 7 heteroatoms. The first kappa shape index (κ1) is 27.5. The summed E-state index contributed by atoms with van der Waals surface area (Å²) in [6.45, 7) is 9.91. The molecule has 0 saturated carbocycles. The summed E-state index contributed by atoms with van der Waals surface area (Å²) in [5.41, 5.74) is 0.801. The van der Waals surface area contributed by atoms with E-state index in [-0.39, 0.29) is 17.9 Å². The maximum absolute atomic E-state index is 13.8. The maximum Gasteiger partial charge on any atom is 0.242 e. The Kier molecular flexibility index (Phi) is 10.4. The van der Waals surface area contributed by atoms with Crippen molar-refractivity contribution >= 4 is 11.8 Å². The zero-order valence-corrected chi connectivity index (χ0v) is 22.1. The van der Waals surface area contributed by atoms with Crippen LogP contribution in [0.25, 0.3) is 0 Å². The van der Waals surface area contributed by atoms with Crippen molar-refractivity contribution in [1.29, 1.82) is 0 Å². The van der Waals surface area contributed by atoms with Gasteiger partial charge in [-0.05, 0) is 75.7 Å². The molecule has 2 atom stereocenters. The highest BCUT2D eigenvalue weighted by molar-refractivity contribution is 5.90. The van der Waals surface area contributed by atoms with Gasteiger partial charge in [-0.2, -0.15) is 0 Å². The normalized spacial score (nSPS) is 25.1. The number of methoxy groups -OCH3 is 1. The van der Waals surface area contributed by atoms with Crippen LogP contribution in [0.1, 0.15) is 71.3 Å². The second-order valence-electron chi connectivity index (χ2n) is 10.9. The lowest BCUT2D eigenvalue weighted by Crippen LogP contribution is -2.56. The highest BCUT2D eigenvalue weighted by atomic mass is 16.5. The summed E-state index contributed by atoms with van der Waals surface area (Å²) in [7, 11) is 1.69. The van der Waals surface area contributed by atoms with Gasteiger partial charge in [-0.1, -0.05) is 38.8 Å². The highest BCUT2D eigenvalue weighted by Gasteiger charge is 2.42. The molecule has 1 aromatic carbocycles. The van der Waals surface area contributed by atoms with Crippen LogP contribution < -0.4 is 15.4 Å². The van der Waals surface area contributed by atoms with E-state index in [1.807, 2.05) is 19.1 Å². The van der Waals surface area contributed by atoms with Gasteiger partial charge in [0.05, 0.1) is 19.1 Å². The molecule has 2 aliphatic rings. The van der Waals surface area contributed by atoms with Crippen molar-refractivity contribution in [2.24, 2.45) is 11.3 Å². The number of nitrogens with zero attached hydrogens (tertiary/aromatic N) is 1. The summed E-state index contributed by atoms with van der Waals surface area (Å²) >= 11 is 0. The number of hydrogen-bond acceptors (Lipinski definition) is 5. The number of hydrogen-bond donors (Lipinski definition) is 2. The molecule has 2 saturated heterocycles. The molecular weight excluding hydrogens is 442 g/mol. The first-order chi connectivity index (χ1) is 16.8. The number of likely N-dealkylation sites (tertiary alicyclic amines) is 1. The second kappa shape index (κ2) is 13.3. The van der Waals surface area contributed by atoms with E-state index in [9.17, 15) is 9.59 Å². The van der Waals surface area contributed by atoms with Crippen molar-refractivity contribution in [1.82, 2.24) is 15.5 Å². The molecule has 0 bridgehead atoms. The van der Waals surface area contributed by atoms with Crippen LogP contribution in [0, 0.1) is 11.3 Å². The van der Waals surface area contributed by atoms with Crippen molar-refractivity contribution < 1.29 is 19.1 Å². The molecule has 2 fully saturated rings. The van der Waals surface area contributed by atoms with E-state index < -0.39 is 11.5 Å². The number of piperidine rings is 1. The topological polar surface area (TPSA) is 79.9 Å². The van der Waals surface area contributed by atoms with E-state index in [1.54, 1.807) is 7.11 Å². The number of nitrogens with one attached hydrogen (secondary N) is 2. The fraction of sp³-hybridized carbons (Fsp3) is 0.714. The lowest BCUT2D eigenvalue weighted by atomic mass is 9.73. The second-order valence-corrected chi connectivity index (χ2v) is 10.9. The zero-order chi connectivity index (χ0) is 25.3. The SMILES string of the molecule is COc1cccc(CN2CCC3(CCCCCOC[C@@H](C)NC(=O)[C@H](CC(C)C)NC3=O)CC2)c1. The van der Waals surface area contributed by atoms with Crippen LogP contribution in [0.15, 0.2) is 24.3 Å². The summed E-state index contributed by atoms with van der Waals surface area (Å²) < 4.78 is 11.2. The van der Waals surface area contributed by atoms with Gasteiger partial charge in [-0.3, -0.25) is 14.5 Å². The van der Waals surface area contributed by atoms with E-state index in [0.717, 1.165) is 63.9 Å². The van der Waals surface area contributed by atoms with Gasteiger partial charge in [0.15, 0.2) is 0 Å². The monoisotopic (exact) mass is 487 g/mol.